The number of hydrogen-bond donors (Lipinski definition) is 1. The van der Waals surface area contributed by atoms with Crippen LogP contribution in [0.1, 0.15) is 38.9 Å². The summed E-state index contributed by atoms with van der Waals surface area (Å²) in [6.07, 6.45) is 1.22. The van der Waals surface area contributed by atoms with Crippen molar-refractivity contribution in [3.05, 3.63) is 11.7 Å². The molecule has 0 spiro atoms. The minimum absolute atomic E-state index is 0. The van der Waals surface area contributed by atoms with Crippen molar-refractivity contribution in [2.45, 2.75) is 45.8 Å². The van der Waals surface area contributed by atoms with Crippen molar-refractivity contribution < 1.29 is 4.52 Å². The van der Waals surface area contributed by atoms with Gasteiger partial charge in [0, 0.05) is 12.1 Å². The third kappa shape index (κ3) is 3.18. The highest BCUT2D eigenvalue weighted by Crippen LogP contribution is 2.32. The van der Waals surface area contributed by atoms with E-state index in [1.807, 2.05) is 0 Å². The Morgan fingerprint density at radius 1 is 1.53 bits per heavy atom. The number of nitrogens with two attached hydrogens (primary N) is 1. The summed E-state index contributed by atoms with van der Waals surface area (Å²) >= 11 is 0. The lowest BCUT2D eigenvalue weighted by Gasteiger charge is -2.30. The summed E-state index contributed by atoms with van der Waals surface area (Å²) in [6, 6.07) is 0. The van der Waals surface area contributed by atoms with E-state index in [4.69, 9.17) is 10.3 Å². The van der Waals surface area contributed by atoms with Crippen molar-refractivity contribution in [3.63, 3.8) is 0 Å². The van der Waals surface area contributed by atoms with E-state index in [9.17, 15) is 0 Å². The smallest absolute Gasteiger partial charge is 0.240 e. The van der Waals surface area contributed by atoms with Crippen molar-refractivity contribution in [1.82, 2.24) is 15.0 Å². The van der Waals surface area contributed by atoms with Crippen molar-refractivity contribution in [1.29, 1.82) is 0 Å². The van der Waals surface area contributed by atoms with Gasteiger partial charge < -0.3 is 10.3 Å². The predicted molar refractivity (Wildman–Crippen MR) is 67.7 cm³/mol. The Morgan fingerprint density at radius 3 is 2.71 bits per heavy atom. The molecule has 1 unspecified atom stereocenters. The SMILES string of the molecule is CC1CN(Cc2noc(CN)n2)C(C)(C)C1.Cl. The van der Waals surface area contributed by atoms with Crippen LogP contribution in [0.5, 0.6) is 0 Å². The van der Waals surface area contributed by atoms with Crippen LogP contribution >= 0.6 is 12.4 Å². The summed E-state index contributed by atoms with van der Waals surface area (Å²) in [5, 5.41) is 3.93. The fraction of sp³-hybridized carbons (Fsp3) is 0.818. The van der Waals surface area contributed by atoms with Gasteiger partial charge in [0.15, 0.2) is 5.82 Å². The number of rotatable bonds is 3. The molecule has 17 heavy (non-hydrogen) atoms. The van der Waals surface area contributed by atoms with E-state index in [2.05, 4.69) is 35.8 Å². The Bertz CT molecular complexity index is 366. The normalized spacial score (nSPS) is 23.6. The molecule has 0 amide bonds. The van der Waals surface area contributed by atoms with E-state index in [0.717, 1.165) is 24.8 Å². The molecule has 0 radical (unpaired) electrons. The standard InChI is InChI=1S/C11H20N4O.ClH/c1-8-4-11(2,3)15(6-8)7-9-13-10(5-12)16-14-9;/h8H,4-7,12H2,1-3H3;1H. The van der Waals surface area contributed by atoms with E-state index in [-0.39, 0.29) is 17.9 Å². The molecule has 0 aliphatic carbocycles. The first-order chi connectivity index (χ1) is 7.51. The molecule has 1 aliphatic rings. The lowest BCUT2D eigenvalue weighted by molar-refractivity contribution is 0.160. The molecule has 5 nitrogen and oxygen atoms in total. The molecule has 1 fully saturated rings. The number of hydrogen-bond acceptors (Lipinski definition) is 5. The lowest BCUT2D eigenvalue weighted by atomic mass is 9.98. The Balaban J connectivity index is 0.00000144. The van der Waals surface area contributed by atoms with Crippen LogP contribution in [0.3, 0.4) is 0 Å². The van der Waals surface area contributed by atoms with Gasteiger partial charge in [0.2, 0.25) is 5.89 Å². The predicted octanol–water partition coefficient (Wildman–Crippen LogP) is 1.57. The van der Waals surface area contributed by atoms with Gasteiger partial charge in [-0.3, -0.25) is 4.90 Å². The maximum Gasteiger partial charge on any atom is 0.240 e. The maximum absolute atomic E-state index is 5.44. The first-order valence-electron chi connectivity index (χ1n) is 5.78. The van der Waals surface area contributed by atoms with Crippen molar-refractivity contribution in [3.8, 4) is 0 Å². The fourth-order valence-corrected chi connectivity index (χ4v) is 2.56. The second-order valence-corrected chi connectivity index (χ2v) is 5.31. The molecule has 0 aromatic carbocycles. The highest BCUT2D eigenvalue weighted by molar-refractivity contribution is 5.85. The van der Waals surface area contributed by atoms with E-state index in [1.165, 1.54) is 6.42 Å². The highest BCUT2D eigenvalue weighted by atomic mass is 35.5. The maximum atomic E-state index is 5.44. The molecule has 2 heterocycles. The third-order valence-electron chi connectivity index (χ3n) is 3.25. The minimum Gasteiger partial charge on any atom is -0.338 e. The van der Waals surface area contributed by atoms with Gasteiger partial charge in [0.25, 0.3) is 0 Å². The van der Waals surface area contributed by atoms with Gasteiger partial charge in [-0.25, -0.2) is 0 Å². The van der Waals surface area contributed by atoms with Crippen LogP contribution in [0.15, 0.2) is 4.52 Å². The second kappa shape index (κ2) is 5.33. The van der Waals surface area contributed by atoms with Crippen LogP contribution in [0.2, 0.25) is 0 Å². The summed E-state index contributed by atoms with van der Waals surface area (Å²) in [4.78, 5) is 6.64. The van der Waals surface area contributed by atoms with Gasteiger partial charge in [-0.1, -0.05) is 12.1 Å². The van der Waals surface area contributed by atoms with E-state index < -0.39 is 0 Å². The summed E-state index contributed by atoms with van der Waals surface area (Å²) < 4.78 is 5.01. The molecule has 2 N–H and O–H groups in total. The molecule has 98 valence electrons. The average Bonchev–Trinajstić information content (AvgIpc) is 2.72. The molecule has 1 aliphatic heterocycles. The van der Waals surface area contributed by atoms with Crippen molar-refractivity contribution in [2.24, 2.45) is 11.7 Å². The largest absolute Gasteiger partial charge is 0.338 e. The molecule has 6 heteroatoms. The van der Waals surface area contributed by atoms with Crippen LogP contribution in [0, 0.1) is 5.92 Å². The average molecular weight is 261 g/mol. The molecular formula is C11H21ClN4O. The van der Waals surface area contributed by atoms with Gasteiger partial charge in [-0.05, 0) is 26.2 Å². The molecule has 1 aromatic heterocycles. The van der Waals surface area contributed by atoms with Crippen LogP contribution in [-0.4, -0.2) is 27.1 Å². The highest BCUT2D eigenvalue weighted by Gasteiger charge is 2.36. The lowest BCUT2D eigenvalue weighted by Crippen LogP contribution is -2.37. The van der Waals surface area contributed by atoms with Crippen LogP contribution in [0.25, 0.3) is 0 Å². The number of nitrogens with zero attached hydrogens (tertiary/aromatic N) is 3. The Kier molecular flexibility index (Phi) is 4.52. The van der Waals surface area contributed by atoms with E-state index >= 15 is 0 Å². The zero-order valence-corrected chi connectivity index (χ0v) is 11.5. The monoisotopic (exact) mass is 260 g/mol. The topological polar surface area (TPSA) is 68.2 Å². The molecule has 1 atom stereocenters. The quantitative estimate of drug-likeness (QED) is 0.894. The second-order valence-electron chi connectivity index (χ2n) is 5.31. The number of halogens is 1. The summed E-state index contributed by atoms with van der Waals surface area (Å²) in [5.41, 5.74) is 5.66. The molecule has 0 bridgehead atoms. The van der Waals surface area contributed by atoms with Gasteiger partial charge in [-0.15, -0.1) is 12.4 Å². The first kappa shape index (κ1) is 14.4. The molecule has 1 saturated heterocycles. The van der Waals surface area contributed by atoms with E-state index in [0.29, 0.717) is 12.4 Å². The molecule has 0 saturated carbocycles. The summed E-state index contributed by atoms with van der Waals surface area (Å²) in [6.45, 7) is 8.97. The zero-order valence-electron chi connectivity index (χ0n) is 10.6. The molecule has 2 rings (SSSR count). The third-order valence-corrected chi connectivity index (χ3v) is 3.25. The Hall–Kier alpha value is -0.650. The number of likely N-dealkylation sites (tertiary alicyclic amines) is 1. The minimum atomic E-state index is 0. The first-order valence-corrected chi connectivity index (χ1v) is 5.78. The van der Waals surface area contributed by atoms with Crippen LogP contribution < -0.4 is 5.73 Å². The number of aromatic nitrogens is 2. The Labute approximate surface area is 108 Å². The van der Waals surface area contributed by atoms with Gasteiger partial charge in [0.1, 0.15) is 0 Å². The fourth-order valence-electron chi connectivity index (χ4n) is 2.56. The van der Waals surface area contributed by atoms with Crippen molar-refractivity contribution >= 4 is 12.4 Å². The van der Waals surface area contributed by atoms with Gasteiger partial charge in [0.05, 0.1) is 13.1 Å². The molecular weight excluding hydrogens is 240 g/mol. The van der Waals surface area contributed by atoms with E-state index in [1.54, 1.807) is 0 Å². The van der Waals surface area contributed by atoms with Gasteiger partial charge in [-0.2, -0.15) is 4.98 Å². The van der Waals surface area contributed by atoms with Crippen LogP contribution in [-0.2, 0) is 13.1 Å². The summed E-state index contributed by atoms with van der Waals surface area (Å²) in [7, 11) is 0. The summed E-state index contributed by atoms with van der Waals surface area (Å²) in [5.74, 6) is 1.98. The molecule has 1 aromatic rings. The van der Waals surface area contributed by atoms with Crippen molar-refractivity contribution in [2.75, 3.05) is 6.54 Å². The van der Waals surface area contributed by atoms with Crippen LogP contribution in [0.4, 0.5) is 0 Å². The van der Waals surface area contributed by atoms with Gasteiger partial charge >= 0.3 is 0 Å². The zero-order chi connectivity index (χ0) is 11.8. The Morgan fingerprint density at radius 2 is 2.24 bits per heavy atom.